The molecule has 2 atom stereocenters. The van der Waals surface area contributed by atoms with E-state index in [2.05, 4.69) is 5.32 Å². The number of carbonyl (C=O) groups excluding carboxylic acids is 2. The standard InChI is InChI=1S/C9H16N2O2/c1-6-5-11(4)8(13)9(6,3)10-7(2)12/h6H,5H2,1-4H3,(H,10,12). The van der Waals surface area contributed by atoms with E-state index in [4.69, 9.17) is 0 Å². The third kappa shape index (κ3) is 1.53. The van der Waals surface area contributed by atoms with E-state index in [0.29, 0.717) is 6.54 Å². The van der Waals surface area contributed by atoms with Crippen molar-refractivity contribution >= 4 is 11.8 Å². The van der Waals surface area contributed by atoms with Gasteiger partial charge in [-0.25, -0.2) is 0 Å². The Balaban J connectivity index is 2.87. The molecule has 0 saturated carbocycles. The number of hydrogen-bond acceptors (Lipinski definition) is 2. The summed E-state index contributed by atoms with van der Waals surface area (Å²) >= 11 is 0. The van der Waals surface area contributed by atoms with E-state index < -0.39 is 5.54 Å². The van der Waals surface area contributed by atoms with Crippen LogP contribution in [0.2, 0.25) is 0 Å². The molecule has 4 nitrogen and oxygen atoms in total. The van der Waals surface area contributed by atoms with Gasteiger partial charge in [0.05, 0.1) is 0 Å². The summed E-state index contributed by atoms with van der Waals surface area (Å²) in [5.41, 5.74) is -0.708. The molecule has 0 spiro atoms. The maximum atomic E-state index is 11.7. The average molecular weight is 184 g/mol. The zero-order valence-electron chi connectivity index (χ0n) is 8.55. The van der Waals surface area contributed by atoms with Gasteiger partial charge in [0.15, 0.2) is 0 Å². The number of amides is 2. The lowest BCUT2D eigenvalue weighted by molar-refractivity contribution is -0.135. The Kier molecular flexibility index (Phi) is 2.32. The maximum Gasteiger partial charge on any atom is 0.248 e. The van der Waals surface area contributed by atoms with E-state index >= 15 is 0 Å². The summed E-state index contributed by atoms with van der Waals surface area (Å²) in [6.45, 7) is 5.89. The quantitative estimate of drug-likeness (QED) is 0.623. The summed E-state index contributed by atoms with van der Waals surface area (Å²) in [5.74, 6) is 0.00194. The average Bonchev–Trinajstić information content (AvgIpc) is 2.15. The van der Waals surface area contributed by atoms with Gasteiger partial charge in [0.25, 0.3) is 0 Å². The van der Waals surface area contributed by atoms with Crippen molar-refractivity contribution in [3.05, 3.63) is 0 Å². The molecule has 0 aromatic carbocycles. The van der Waals surface area contributed by atoms with E-state index in [1.165, 1.54) is 6.92 Å². The molecule has 0 aliphatic carbocycles. The summed E-state index contributed by atoms with van der Waals surface area (Å²) in [6.07, 6.45) is 0. The number of hydrogen-bond donors (Lipinski definition) is 1. The zero-order chi connectivity index (χ0) is 10.2. The van der Waals surface area contributed by atoms with E-state index in [1.54, 1.807) is 18.9 Å². The fourth-order valence-electron chi connectivity index (χ4n) is 1.83. The summed E-state index contributed by atoms with van der Waals surface area (Å²) in [7, 11) is 1.76. The van der Waals surface area contributed by atoms with Crippen LogP contribution < -0.4 is 5.32 Å². The van der Waals surface area contributed by atoms with E-state index in [9.17, 15) is 9.59 Å². The molecule has 1 heterocycles. The van der Waals surface area contributed by atoms with E-state index in [0.717, 1.165) is 0 Å². The molecule has 1 fully saturated rings. The van der Waals surface area contributed by atoms with Crippen LogP contribution >= 0.6 is 0 Å². The van der Waals surface area contributed by atoms with Crippen LogP contribution in [0.3, 0.4) is 0 Å². The van der Waals surface area contributed by atoms with Crippen molar-refractivity contribution in [2.75, 3.05) is 13.6 Å². The lowest BCUT2D eigenvalue weighted by Crippen LogP contribution is -2.53. The zero-order valence-corrected chi connectivity index (χ0v) is 8.55. The molecule has 1 N–H and O–H groups in total. The van der Waals surface area contributed by atoms with Crippen LogP contribution in [-0.4, -0.2) is 35.8 Å². The van der Waals surface area contributed by atoms with Gasteiger partial charge < -0.3 is 10.2 Å². The highest BCUT2D eigenvalue weighted by Crippen LogP contribution is 2.27. The van der Waals surface area contributed by atoms with Gasteiger partial charge in [-0.2, -0.15) is 0 Å². The smallest absolute Gasteiger partial charge is 0.248 e. The SMILES string of the molecule is CC(=O)NC1(C)C(=O)N(C)CC1C. The van der Waals surface area contributed by atoms with Gasteiger partial charge in [-0.3, -0.25) is 9.59 Å². The molecule has 2 amide bonds. The fraction of sp³-hybridized carbons (Fsp3) is 0.778. The predicted octanol–water partition coefficient (Wildman–Crippen LogP) is -0.0107. The molecule has 1 saturated heterocycles. The van der Waals surface area contributed by atoms with Gasteiger partial charge in [-0.1, -0.05) is 6.92 Å². The highest BCUT2D eigenvalue weighted by molar-refractivity contribution is 5.92. The van der Waals surface area contributed by atoms with Gasteiger partial charge in [-0.05, 0) is 6.92 Å². The van der Waals surface area contributed by atoms with Gasteiger partial charge in [0.1, 0.15) is 5.54 Å². The van der Waals surface area contributed by atoms with Crippen molar-refractivity contribution in [1.82, 2.24) is 10.2 Å². The highest BCUT2D eigenvalue weighted by Gasteiger charge is 2.47. The van der Waals surface area contributed by atoms with Crippen molar-refractivity contribution in [2.45, 2.75) is 26.3 Å². The van der Waals surface area contributed by atoms with Crippen molar-refractivity contribution in [3.8, 4) is 0 Å². The Bertz CT molecular complexity index is 252. The molecular formula is C9H16N2O2. The number of likely N-dealkylation sites (tertiary alicyclic amines) is 1. The summed E-state index contributed by atoms with van der Waals surface area (Å²) in [4.78, 5) is 24.3. The molecule has 74 valence electrons. The van der Waals surface area contributed by atoms with Gasteiger partial charge in [0, 0.05) is 26.4 Å². The topological polar surface area (TPSA) is 49.4 Å². The summed E-state index contributed by atoms with van der Waals surface area (Å²) in [5, 5.41) is 2.72. The first-order chi connectivity index (χ1) is 5.88. The monoisotopic (exact) mass is 184 g/mol. The Morgan fingerprint density at radius 2 is 2.23 bits per heavy atom. The molecule has 0 radical (unpaired) electrons. The van der Waals surface area contributed by atoms with Crippen LogP contribution in [-0.2, 0) is 9.59 Å². The van der Waals surface area contributed by atoms with Gasteiger partial charge >= 0.3 is 0 Å². The Morgan fingerprint density at radius 1 is 1.69 bits per heavy atom. The minimum atomic E-state index is -0.708. The summed E-state index contributed by atoms with van der Waals surface area (Å²) in [6, 6.07) is 0. The molecule has 2 unspecified atom stereocenters. The minimum absolute atomic E-state index is 0.00444. The lowest BCUT2D eigenvalue weighted by Gasteiger charge is -2.26. The Hall–Kier alpha value is -1.06. The van der Waals surface area contributed by atoms with Crippen LogP contribution in [0.4, 0.5) is 0 Å². The normalized spacial score (nSPS) is 33.7. The van der Waals surface area contributed by atoms with Crippen LogP contribution in [0.25, 0.3) is 0 Å². The van der Waals surface area contributed by atoms with Crippen molar-refractivity contribution < 1.29 is 9.59 Å². The Labute approximate surface area is 78.3 Å². The van der Waals surface area contributed by atoms with Crippen LogP contribution in [0.1, 0.15) is 20.8 Å². The largest absolute Gasteiger partial charge is 0.343 e. The van der Waals surface area contributed by atoms with E-state index in [-0.39, 0.29) is 17.7 Å². The van der Waals surface area contributed by atoms with Crippen LogP contribution in [0.15, 0.2) is 0 Å². The second-order valence-electron chi connectivity index (χ2n) is 3.97. The van der Waals surface area contributed by atoms with E-state index in [1.807, 2.05) is 6.92 Å². The predicted molar refractivity (Wildman–Crippen MR) is 49.0 cm³/mol. The third-order valence-corrected chi connectivity index (χ3v) is 2.76. The number of likely N-dealkylation sites (N-methyl/N-ethyl adjacent to an activating group) is 1. The first-order valence-corrected chi connectivity index (χ1v) is 4.42. The molecule has 1 rings (SSSR count). The van der Waals surface area contributed by atoms with Crippen molar-refractivity contribution in [3.63, 3.8) is 0 Å². The minimum Gasteiger partial charge on any atom is -0.343 e. The number of rotatable bonds is 1. The third-order valence-electron chi connectivity index (χ3n) is 2.76. The number of nitrogens with one attached hydrogen (secondary N) is 1. The molecule has 0 aromatic heterocycles. The molecule has 0 aromatic rings. The van der Waals surface area contributed by atoms with Gasteiger partial charge in [0.2, 0.25) is 11.8 Å². The number of carbonyl (C=O) groups is 2. The Morgan fingerprint density at radius 3 is 2.54 bits per heavy atom. The molecule has 1 aliphatic heterocycles. The first-order valence-electron chi connectivity index (χ1n) is 4.42. The molecule has 4 heteroatoms. The van der Waals surface area contributed by atoms with Crippen LogP contribution in [0, 0.1) is 5.92 Å². The maximum absolute atomic E-state index is 11.7. The fourth-order valence-corrected chi connectivity index (χ4v) is 1.83. The second kappa shape index (κ2) is 3.01. The number of nitrogens with zero attached hydrogens (tertiary/aromatic N) is 1. The molecule has 1 aliphatic rings. The lowest BCUT2D eigenvalue weighted by atomic mass is 9.90. The van der Waals surface area contributed by atoms with Crippen molar-refractivity contribution in [1.29, 1.82) is 0 Å². The first kappa shape index (κ1) is 10.0. The van der Waals surface area contributed by atoms with Gasteiger partial charge in [-0.15, -0.1) is 0 Å². The van der Waals surface area contributed by atoms with Crippen molar-refractivity contribution in [2.24, 2.45) is 5.92 Å². The molecule has 13 heavy (non-hydrogen) atoms. The second-order valence-corrected chi connectivity index (χ2v) is 3.97. The summed E-state index contributed by atoms with van der Waals surface area (Å²) < 4.78 is 0. The molecular weight excluding hydrogens is 168 g/mol. The van der Waals surface area contributed by atoms with Crippen LogP contribution in [0.5, 0.6) is 0 Å². The highest BCUT2D eigenvalue weighted by atomic mass is 16.2. The molecule has 0 bridgehead atoms.